The summed E-state index contributed by atoms with van der Waals surface area (Å²) in [6.45, 7) is 1.89. The van der Waals surface area contributed by atoms with Crippen LogP contribution in [0.2, 0.25) is 10.0 Å². The Kier molecular flexibility index (Phi) is 4.08. The molecule has 0 aliphatic heterocycles. The lowest BCUT2D eigenvalue weighted by Gasteiger charge is -2.17. The summed E-state index contributed by atoms with van der Waals surface area (Å²) in [6.07, 6.45) is 0. The minimum absolute atomic E-state index is 0.0271. The Hall–Kier alpha value is -1.58. The quantitative estimate of drug-likeness (QED) is 0.777. The molecule has 0 bridgehead atoms. The van der Waals surface area contributed by atoms with E-state index in [1.54, 1.807) is 24.3 Å². The van der Waals surface area contributed by atoms with Crippen LogP contribution in [-0.4, -0.2) is 10.2 Å². The largest absolute Gasteiger partial charge is 0.508 e. The molecule has 0 amide bonds. The third-order valence-electron chi connectivity index (χ3n) is 2.73. The maximum Gasteiger partial charge on any atom is 0.124 e. The highest BCUT2D eigenvalue weighted by Crippen LogP contribution is 2.31. The minimum atomic E-state index is -0.157. The Morgan fingerprint density at radius 3 is 2.21 bits per heavy atom. The summed E-state index contributed by atoms with van der Waals surface area (Å²) in [5.41, 5.74) is 1.44. The van der Waals surface area contributed by atoms with Gasteiger partial charge in [0.2, 0.25) is 0 Å². The van der Waals surface area contributed by atoms with Gasteiger partial charge in [0.25, 0.3) is 0 Å². The normalized spacial score (nSPS) is 12.2. The number of nitrogens with one attached hydrogen (secondary N) is 1. The number of benzene rings is 2. The molecule has 2 rings (SSSR count). The SMILES string of the molecule is CC(Nc1cc(Cl)cc(Cl)c1)c1ccc(O)cc1O. The number of phenolic OH excluding ortho intramolecular Hbond substituents is 2. The zero-order valence-electron chi connectivity index (χ0n) is 10.2. The van der Waals surface area contributed by atoms with Crippen LogP contribution in [0.15, 0.2) is 36.4 Å². The van der Waals surface area contributed by atoms with Gasteiger partial charge in [-0.2, -0.15) is 0 Å². The molecule has 2 aromatic carbocycles. The number of rotatable bonds is 3. The van der Waals surface area contributed by atoms with Crippen molar-refractivity contribution in [2.24, 2.45) is 0 Å². The molecule has 0 aliphatic rings. The number of aromatic hydroxyl groups is 2. The third-order valence-corrected chi connectivity index (χ3v) is 3.16. The van der Waals surface area contributed by atoms with Crippen LogP contribution in [0.1, 0.15) is 18.5 Å². The zero-order chi connectivity index (χ0) is 14.0. The summed E-state index contributed by atoms with van der Waals surface area (Å²) < 4.78 is 0. The van der Waals surface area contributed by atoms with Crippen molar-refractivity contribution in [1.29, 1.82) is 0 Å². The number of halogens is 2. The molecule has 0 radical (unpaired) electrons. The fraction of sp³-hybridized carbons (Fsp3) is 0.143. The molecular weight excluding hydrogens is 285 g/mol. The van der Waals surface area contributed by atoms with Crippen LogP contribution in [0.3, 0.4) is 0 Å². The molecule has 5 heteroatoms. The maximum absolute atomic E-state index is 9.80. The Bertz CT molecular complexity index is 582. The Morgan fingerprint density at radius 1 is 1.00 bits per heavy atom. The van der Waals surface area contributed by atoms with Gasteiger partial charge in [0.1, 0.15) is 11.5 Å². The Labute approximate surface area is 121 Å². The van der Waals surface area contributed by atoms with Crippen LogP contribution in [0.4, 0.5) is 5.69 Å². The number of hydrogen-bond donors (Lipinski definition) is 3. The van der Waals surface area contributed by atoms with E-state index in [4.69, 9.17) is 23.2 Å². The molecule has 1 atom stereocenters. The molecule has 100 valence electrons. The highest BCUT2D eigenvalue weighted by Gasteiger charge is 2.11. The summed E-state index contributed by atoms with van der Waals surface area (Å²) in [6, 6.07) is 9.49. The van der Waals surface area contributed by atoms with Crippen molar-refractivity contribution in [3.63, 3.8) is 0 Å². The molecule has 3 N–H and O–H groups in total. The van der Waals surface area contributed by atoms with Crippen LogP contribution in [0, 0.1) is 0 Å². The molecule has 19 heavy (non-hydrogen) atoms. The number of hydrogen-bond acceptors (Lipinski definition) is 3. The lowest BCUT2D eigenvalue weighted by Crippen LogP contribution is -2.06. The van der Waals surface area contributed by atoms with Crippen molar-refractivity contribution >= 4 is 28.9 Å². The number of anilines is 1. The van der Waals surface area contributed by atoms with Crippen LogP contribution in [0.25, 0.3) is 0 Å². The molecule has 0 aliphatic carbocycles. The maximum atomic E-state index is 9.80. The first-order chi connectivity index (χ1) is 8.95. The van der Waals surface area contributed by atoms with Crippen LogP contribution in [-0.2, 0) is 0 Å². The van der Waals surface area contributed by atoms with E-state index < -0.39 is 0 Å². The lowest BCUT2D eigenvalue weighted by molar-refractivity contribution is 0.444. The van der Waals surface area contributed by atoms with E-state index in [1.165, 1.54) is 12.1 Å². The van der Waals surface area contributed by atoms with E-state index in [9.17, 15) is 10.2 Å². The molecule has 0 aromatic heterocycles. The van der Waals surface area contributed by atoms with E-state index in [2.05, 4.69) is 5.32 Å². The lowest BCUT2D eigenvalue weighted by atomic mass is 10.1. The monoisotopic (exact) mass is 297 g/mol. The third kappa shape index (κ3) is 3.46. The zero-order valence-corrected chi connectivity index (χ0v) is 11.7. The van der Waals surface area contributed by atoms with Gasteiger partial charge in [-0.3, -0.25) is 0 Å². The van der Waals surface area contributed by atoms with Gasteiger partial charge < -0.3 is 15.5 Å². The molecule has 1 unspecified atom stereocenters. The molecule has 0 saturated carbocycles. The molecule has 0 fully saturated rings. The van der Waals surface area contributed by atoms with E-state index in [-0.39, 0.29) is 17.5 Å². The van der Waals surface area contributed by atoms with Crippen molar-refractivity contribution in [1.82, 2.24) is 0 Å². The average molecular weight is 298 g/mol. The van der Waals surface area contributed by atoms with Gasteiger partial charge in [0.15, 0.2) is 0 Å². The van der Waals surface area contributed by atoms with Crippen LogP contribution >= 0.6 is 23.2 Å². The van der Waals surface area contributed by atoms with Gasteiger partial charge in [0, 0.05) is 27.4 Å². The van der Waals surface area contributed by atoms with Gasteiger partial charge in [-0.25, -0.2) is 0 Å². The highest BCUT2D eigenvalue weighted by molar-refractivity contribution is 6.35. The summed E-state index contributed by atoms with van der Waals surface area (Å²) >= 11 is 11.8. The first-order valence-electron chi connectivity index (χ1n) is 5.70. The van der Waals surface area contributed by atoms with E-state index in [0.717, 1.165) is 5.69 Å². The summed E-state index contributed by atoms with van der Waals surface area (Å²) in [4.78, 5) is 0. The molecule has 0 heterocycles. The standard InChI is InChI=1S/C14H13Cl2NO2/c1-8(13-3-2-12(18)7-14(13)19)17-11-5-9(15)4-10(16)6-11/h2-8,17-19H,1H3. The fourth-order valence-electron chi connectivity index (χ4n) is 1.86. The van der Waals surface area contributed by atoms with Gasteiger partial charge in [-0.15, -0.1) is 0 Å². The van der Waals surface area contributed by atoms with Gasteiger partial charge in [-0.05, 0) is 37.3 Å². The first-order valence-corrected chi connectivity index (χ1v) is 6.46. The summed E-state index contributed by atoms with van der Waals surface area (Å²) in [5, 5.41) is 23.3. The van der Waals surface area contributed by atoms with Crippen LogP contribution in [0.5, 0.6) is 11.5 Å². The van der Waals surface area contributed by atoms with Crippen molar-refractivity contribution in [3.05, 3.63) is 52.0 Å². The van der Waals surface area contributed by atoms with Crippen molar-refractivity contribution in [2.45, 2.75) is 13.0 Å². The van der Waals surface area contributed by atoms with Gasteiger partial charge in [-0.1, -0.05) is 23.2 Å². The van der Waals surface area contributed by atoms with E-state index in [0.29, 0.717) is 15.6 Å². The highest BCUT2D eigenvalue weighted by atomic mass is 35.5. The second-order valence-electron chi connectivity index (χ2n) is 4.27. The minimum Gasteiger partial charge on any atom is -0.508 e. The van der Waals surface area contributed by atoms with Gasteiger partial charge >= 0.3 is 0 Å². The second kappa shape index (κ2) is 5.59. The van der Waals surface area contributed by atoms with Gasteiger partial charge in [0.05, 0.1) is 6.04 Å². The van der Waals surface area contributed by atoms with Crippen molar-refractivity contribution < 1.29 is 10.2 Å². The second-order valence-corrected chi connectivity index (χ2v) is 5.14. The molecule has 2 aromatic rings. The van der Waals surface area contributed by atoms with Crippen molar-refractivity contribution in [2.75, 3.05) is 5.32 Å². The Morgan fingerprint density at radius 2 is 1.63 bits per heavy atom. The smallest absolute Gasteiger partial charge is 0.124 e. The predicted octanol–water partition coefficient (Wildman–Crippen LogP) is 4.58. The average Bonchev–Trinajstić information content (AvgIpc) is 2.26. The molecule has 0 spiro atoms. The van der Waals surface area contributed by atoms with Crippen LogP contribution < -0.4 is 5.32 Å². The number of phenols is 2. The molecule has 3 nitrogen and oxygen atoms in total. The van der Waals surface area contributed by atoms with E-state index in [1.807, 2.05) is 6.92 Å². The summed E-state index contributed by atoms with van der Waals surface area (Å²) in [7, 11) is 0. The predicted molar refractivity (Wildman–Crippen MR) is 78.3 cm³/mol. The van der Waals surface area contributed by atoms with Crippen molar-refractivity contribution in [3.8, 4) is 11.5 Å². The van der Waals surface area contributed by atoms with E-state index >= 15 is 0 Å². The molecular formula is C14H13Cl2NO2. The topological polar surface area (TPSA) is 52.5 Å². The fourth-order valence-corrected chi connectivity index (χ4v) is 2.39. The molecule has 0 saturated heterocycles. The summed E-state index contributed by atoms with van der Waals surface area (Å²) in [5.74, 6) is 0.0624. The first kappa shape index (κ1) is 13.8. The Balaban J connectivity index is 2.22.